The standard InChI is InChI=1S/C50H32.C48H36.C38H24/c1-3-12-40-31-42(27-21-33(40)9-1)35-17-23-38(24-18-35)48-45-15-7-8-16-46(45)49(50-44-14-6-5-11-37(44)29-30-47(48)50)39-25-19-36(20-26-39)43-28-22-34-10-2-4-13-41(34)32-43;1-47(2)40-19-11-9-15-33(40)35-24-22-30(27-42(35)47)44-37-17-7-8-18-38(37)45(46-32-14-6-5-13-29(32)21-26-39(44)46)31-23-25-36-34-16-10-12-20-41(34)48(3,4)43(36)28-31;1-3-12-28-23-30(19-17-25(28)9-1)36-33-15-7-8-16-34(33)37(31-20-18-26-10-2-4-13-29(26)24-31)38-32-14-6-5-11-27(32)21-22-35(36)38/h1-32H;5-28H,1-4H3;1-24H. The van der Waals surface area contributed by atoms with Crippen LogP contribution in [-0.2, 0) is 10.8 Å². The van der Waals surface area contributed by atoms with Crippen molar-refractivity contribution >= 4 is 140 Å². The minimum Gasteiger partial charge on any atom is -0.0619 e. The van der Waals surface area contributed by atoms with Crippen molar-refractivity contribution in [2.75, 3.05) is 0 Å². The molecule has 0 fully saturated rings. The number of hydrogen-bond acceptors (Lipinski definition) is 0. The maximum absolute atomic E-state index is 2.49. The third kappa shape index (κ3) is 13.0. The normalized spacial score (nSPS) is 12.8. The van der Waals surface area contributed by atoms with Crippen LogP contribution < -0.4 is 0 Å². The van der Waals surface area contributed by atoms with Crippen molar-refractivity contribution in [1.29, 1.82) is 0 Å². The van der Waals surface area contributed by atoms with Gasteiger partial charge in [0.1, 0.15) is 0 Å². The zero-order valence-corrected chi connectivity index (χ0v) is 76.2. The Morgan fingerprint density at radius 3 is 0.676 bits per heavy atom. The molecule has 0 saturated carbocycles. The van der Waals surface area contributed by atoms with Crippen LogP contribution in [0.5, 0.6) is 0 Å². The van der Waals surface area contributed by atoms with Gasteiger partial charge in [-0.1, -0.05) is 477 Å². The average Bonchev–Trinajstić information content (AvgIpc) is 1.42. The molecule has 0 atom stereocenters. The molecule has 0 N–H and O–H groups in total. The Balaban J connectivity index is 0.000000107. The molecule has 2 aliphatic carbocycles. The van der Waals surface area contributed by atoms with Crippen molar-refractivity contribution in [3.8, 4) is 111 Å². The quantitative estimate of drug-likeness (QED) is 0.105. The third-order valence-electron chi connectivity index (χ3n) is 30.1. The summed E-state index contributed by atoms with van der Waals surface area (Å²) in [6, 6.07) is 180. The predicted octanol–water partition coefficient (Wildman–Crippen LogP) is 38.0. The zero-order chi connectivity index (χ0) is 90.4. The van der Waals surface area contributed by atoms with Gasteiger partial charge in [-0.25, -0.2) is 0 Å². The first-order valence-electron chi connectivity index (χ1n) is 47.7. The van der Waals surface area contributed by atoms with Crippen molar-refractivity contribution in [2.45, 2.75) is 38.5 Å². The molecule has 0 spiro atoms. The fourth-order valence-corrected chi connectivity index (χ4v) is 23.5. The highest BCUT2D eigenvalue weighted by molar-refractivity contribution is 6.32. The van der Waals surface area contributed by atoms with Crippen molar-refractivity contribution in [2.24, 2.45) is 0 Å². The van der Waals surface area contributed by atoms with Crippen molar-refractivity contribution in [3.63, 3.8) is 0 Å². The lowest BCUT2D eigenvalue weighted by Crippen LogP contribution is -2.15. The smallest absolute Gasteiger partial charge is 0.0159 e. The first kappa shape index (κ1) is 80.0. The first-order chi connectivity index (χ1) is 67.0. The largest absolute Gasteiger partial charge is 0.0619 e. The highest BCUT2D eigenvalue weighted by Crippen LogP contribution is 2.57. The Hall–Kier alpha value is -16.9. The molecule has 2 aliphatic rings. The van der Waals surface area contributed by atoms with E-state index in [-0.39, 0.29) is 10.8 Å². The van der Waals surface area contributed by atoms with Crippen LogP contribution in [0.1, 0.15) is 49.9 Å². The molecule has 136 heavy (non-hydrogen) atoms. The molecule has 0 aromatic heterocycles. The van der Waals surface area contributed by atoms with Crippen LogP contribution in [-0.4, -0.2) is 0 Å². The molecule has 28 rings (SSSR count). The lowest BCUT2D eigenvalue weighted by molar-refractivity contribution is 0.660. The Kier molecular flexibility index (Phi) is 18.8. The van der Waals surface area contributed by atoms with Crippen LogP contribution in [0.2, 0.25) is 0 Å². The maximum atomic E-state index is 2.49. The predicted molar refractivity (Wildman–Crippen MR) is 586 cm³/mol. The highest BCUT2D eigenvalue weighted by Gasteiger charge is 2.38. The van der Waals surface area contributed by atoms with E-state index in [0.29, 0.717) is 0 Å². The Morgan fingerprint density at radius 2 is 0.324 bits per heavy atom. The van der Waals surface area contributed by atoms with Crippen molar-refractivity contribution in [1.82, 2.24) is 0 Å². The summed E-state index contributed by atoms with van der Waals surface area (Å²) < 4.78 is 0. The monoisotopic (exact) mass is 1720 g/mol. The van der Waals surface area contributed by atoms with Gasteiger partial charge in [-0.15, -0.1) is 0 Å². The van der Waals surface area contributed by atoms with Gasteiger partial charge < -0.3 is 0 Å². The Bertz CT molecular complexity index is 9470. The molecule has 0 amide bonds. The van der Waals surface area contributed by atoms with Crippen molar-refractivity contribution < 1.29 is 0 Å². The van der Waals surface area contributed by atoms with Crippen LogP contribution in [0.15, 0.2) is 485 Å². The van der Waals surface area contributed by atoms with Gasteiger partial charge in [0.2, 0.25) is 0 Å². The molecule has 0 saturated heterocycles. The minimum atomic E-state index is -0.0651. The molecule has 0 radical (unpaired) electrons. The van der Waals surface area contributed by atoms with E-state index in [9.17, 15) is 0 Å². The summed E-state index contributed by atoms with van der Waals surface area (Å²) in [5.74, 6) is 0. The van der Waals surface area contributed by atoms with Crippen molar-refractivity contribution in [3.05, 3.63) is 508 Å². The molecule has 0 aliphatic heterocycles. The lowest BCUT2D eigenvalue weighted by atomic mass is 9.79. The van der Waals surface area contributed by atoms with Crippen LogP contribution in [0.25, 0.3) is 251 Å². The second-order valence-corrected chi connectivity index (χ2v) is 38.3. The van der Waals surface area contributed by atoms with Gasteiger partial charge in [0.15, 0.2) is 0 Å². The first-order valence-corrected chi connectivity index (χ1v) is 47.7. The summed E-state index contributed by atoms with van der Waals surface area (Å²) in [7, 11) is 0. The zero-order valence-electron chi connectivity index (χ0n) is 76.2. The van der Waals surface area contributed by atoms with E-state index in [4.69, 9.17) is 0 Å². The van der Waals surface area contributed by atoms with Gasteiger partial charge >= 0.3 is 0 Å². The summed E-state index contributed by atoms with van der Waals surface area (Å²) in [4.78, 5) is 0. The van der Waals surface area contributed by atoms with E-state index >= 15 is 0 Å². The molecule has 636 valence electrons. The number of fused-ring (bicyclic) bond motifs is 22. The van der Waals surface area contributed by atoms with Crippen LogP contribution in [0, 0.1) is 0 Å². The van der Waals surface area contributed by atoms with Crippen LogP contribution in [0.3, 0.4) is 0 Å². The summed E-state index contributed by atoms with van der Waals surface area (Å²) in [5, 5.41) is 33.3. The molecular weight excluding hydrogens is 1630 g/mol. The fourth-order valence-electron chi connectivity index (χ4n) is 23.5. The number of rotatable bonds is 8. The molecule has 0 unspecified atom stereocenters. The molecule has 26 aromatic carbocycles. The van der Waals surface area contributed by atoms with Gasteiger partial charge in [0.05, 0.1) is 0 Å². The van der Waals surface area contributed by atoms with Crippen LogP contribution in [0.4, 0.5) is 0 Å². The van der Waals surface area contributed by atoms with Crippen LogP contribution >= 0.6 is 0 Å². The molecule has 0 bridgehead atoms. The second-order valence-electron chi connectivity index (χ2n) is 38.3. The van der Waals surface area contributed by atoms with Gasteiger partial charge in [-0.2, -0.15) is 0 Å². The summed E-state index contributed by atoms with van der Waals surface area (Å²) in [6.07, 6.45) is 0. The number of benzene rings is 26. The second kappa shape index (κ2) is 32.0. The van der Waals surface area contributed by atoms with Gasteiger partial charge in [-0.3, -0.25) is 0 Å². The summed E-state index contributed by atoms with van der Waals surface area (Å²) in [5.41, 5.74) is 31.2. The van der Waals surface area contributed by atoms with E-state index in [0.717, 1.165) is 0 Å². The summed E-state index contributed by atoms with van der Waals surface area (Å²) >= 11 is 0. The lowest BCUT2D eigenvalue weighted by Gasteiger charge is -2.24. The fraction of sp³-hybridized carbons (Fsp3) is 0.0441. The Labute approximate surface area is 791 Å². The molecule has 0 heterocycles. The molecule has 0 nitrogen and oxygen atoms in total. The molecule has 0 heteroatoms. The average molecular weight is 1730 g/mol. The van der Waals surface area contributed by atoms with Gasteiger partial charge in [0.25, 0.3) is 0 Å². The molecular formula is C136H92. The SMILES string of the molecule is CC1(C)c2ccccc2-c2ccc(-c3c4ccccc4c(-c4ccc5c(c4)C(C)(C)c4ccccc4-5)c4c3ccc3ccccc34)cc21.c1ccc2cc(-c3c4ccccc4c(-c4ccc5ccccc5c4)c4c3ccc3ccccc34)ccc2c1.c1ccc2cc(-c3ccc(-c4c5ccccc5c(-c5ccc(-c6ccc7ccccc7c6)cc5)c5c4ccc4ccccc45)cc3)ccc2c1. The minimum absolute atomic E-state index is 0.0605. The highest BCUT2D eigenvalue weighted by atomic mass is 14.4. The third-order valence-corrected chi connectivity index (χ3v) is 30.1. The number of hydrogen-bond donors (Lipinski definition) is 0. The van der Waals surface area contributed by atoms with Gasteiger partial charge in [-0.05, 0) is 310 Å². The maximum Gasteiger partial charge on any atom is 0.0159 e. The van der Waals surface area contributed by atoms with Gasteiger partial charge in [0, 0.05) is 10.8 Å². The molecule has 26 aromatic rings. The Morgan fingerprint density at radius 1 is 0.118 bits per heavy atom. The van der Waals surface area contributed by atoms with E-state index < -0.39 is 0 Å². The van der Waals surface area contributed by atoms with E-state index in [1.165, 1.54) is 274 Å². The topological polar surface area (TPSA) is 0 Å². The van der Waals surface area contributed by atoms with E-state index in [1.54, 1.807) is 0 Å². The summed E-state index contributed by atoms with van der Waals surface area (Å²) in [6.45, 7) is 9.51. The van der Waals surface area contributed by atoms with E-state index in [2.05, 4.69) is 513 Å². The van der Waals surface area contributed by atoms with E-state index in [1.807, 2.05) is 0 Å².